The molecule has 0 spiro atoms. The van der Waals surface area contributed by atoms with Gasteiger partial charge < -0.3 is 11.1 Å². The number of carbonyl (C=O) groups excluding carboxylic acids is 2. The number of rotatable bonds is 7. The zero-order valence-electron chi connectivity index (χ0n) is 17.1. The van der Waals surface area contributed by atoms with Crippen LogP contribution < -0.4 is 11.1 Å². The Morgan fingerprint density at radius 2 is 1.72 bits per heavy atom. The standard InChI is InChI=1S/C22H23ClF2N2O4S/c23-15-1-4-17(5-2-15)32(30,31)22(18-12-16(24)3-6-19(18)25)9-7-14(8-10-22)11-21(29)27-13-20(26)28/h1-6,12,14H,7-11,13H2,(H2,26,28)(H,27,29)/t14-,22+. The van der Waals surface area contributed by atoms with Crippen molar-refractivity contribution in [1.82, 2.24) is 5.32 Å². The van der Waals surface area contributed by atoms with Gasteiger partial charge >= 0.3 is 0 Å². The van der Waals surface area contributed by atoms with Crippen molar-refractivity contribution in [1.29, 1.82) is 0 Å². The van der Waals surface area contributed by atoms with Gasteiger partial charge in [0.15, 0.2) is 9.84 Å². The molecule has 10 heteroatoms. The van der Waals surface area contributed by atoms with Crippen molar-refractivity contribution < 1.29 is 26.8 Å². The maximum absolute atomic E-state index is 14.8. The van der Waals surface area contributed by atoms with E-state index in [1.54, 1.807) is 0 Å². The molecule has 2 aromatic carbocycles. The Balaban J connectivity index is 1.94. The van der Waals surface area contributed by atoms with Crippen LogP contribution in [-0.4, -0.2) is 26.8 Å². The van der Waals surface area contributed by atoms with Crippen LogP contribution in [0.1, 0.15) is 37.7 Å². The zero-order chi connectivity index (χ0) is 23.5. The minimum atomic E-state index is -4.13. The van der Waals surface area contributed by atoms with E-state index in [0.29, 0.717) is 17.9 Å². The third-order valence-electron chi connectivity index (χ3n) is 5.90. The van der Waals surface area contributed by atoms with E-state index in [1.165, 1.54) is 24.3 Å². The first-order valence-electron chi connectivity index (χ1n) is 10.1. The fourth-order valence-corrected chi connectivity index (χ4v) is 6.53. The second kappa shape index (κ2) is 9.54. The maximum atomic E-state index is 14.8. The Kier molecular flexibility index (Phi) is 7.19. The van der Waals surface area contributed by atoms with Crippen molar-refractivity contribution in [2.45, 2.75) is 41.7 Å². The second-order valence-corrected chi connectivity index (χ2v) is 10.7. The van der Waals surface area contributed by atoms with Gasteiger partial charge in [0.25, 0.3) is 0 Å². The molecule has 1 aliphatic carbocycles. The molecule has 1 saturated carbocycles. The Bertz CT molecular complexity index is 1120. The highest BCUT2D eigenvalue weighted by Gasteiger charge is 2.50. The normalized spacial score (nSPS) is 21.2. The van der Waals surface area contributed by atoms with E-state index in [-0.39, 0.29) is 48.1 Å². The molecule has 3 rings (SSSR count). The molecule has 0 unspecified atom stereocenters. The lowest BCUT2D eigenvalue weighted by Crippen LogP contribution is -2.41. The summed E-state index contributed by atoms with van der Waals surface area (Å²) in [6.45, 7) is -0.283. The summed E-state index contributed by atoms with van der Waals surface area (Å²) in [4.78, 5) is 22.8. The van der Waals surface area contributed by atoms with Gasteiger partial charge in [-0.2, -0.15) is 0 Å². The lowest BCUT2D eigenvalue weighted by Gasteiger charge is -2.40. The third-order valence-corrected chi connectivity index (χ3v) is 8.71. The SMILES string of the molecule is NC(=O)CNC(=O)C[C@H]1CC[C@@](c2cc(F)ccc2F)(S(=O)(=O)c2ccc(Cl)cc2)CC1. The summed E-state index contributed by atoms with van der Waals surface area (Å²) >= 11 is 5.89. The molecular weight excluding hydrogens is 462 g/mol. The van der Waals surface area contributed by atoms with E-state index in [9.17, 15) is 26.8 Å². The molecule has 0 bridgehead atoms. The van der Waals surface area contributed by atoms with Gasteiger partial charge in [-0.25, -0.2) is 17.2 Å². The van der Waals surface area contributed by atoms with Gasteiger partial charge in [0.2, 0.25) is 11.8 Å². The molecule has 2 amide bonds. The lowest BCUT2D eigenvalue weighted by atomic mass is 9.76. The number of sulfone groups is 1. The van der Waals surface area contributed by atoms with Gasteiger partial charge in [-0.15, -0.1) is 0 Å². The van der Waals surface area contributed by atoms with E-state index < -0.39 is 32.1 Å². The third kappa shape index (κ3) is 4.94. The highest BCUT2D eigenvalue weighted by molar-refractivity contribution is 7.92. The highest BCUT2D eigenvalue weighted by Crippen LogP contribution is 2.49. The average molecular weight is 485 g/mol. The number of nitrogens with one attached hydrogen (secondary N) is 1. The van der Waals surface area contributed by atoms with E-state index in [1.807, 2.05) is 0 Å². The summed E-state index contributed by atoms with van der Waals surface area (Å²) in [7, 11) is -4.13. The monoisotopic (exact) mass is 484 g/mol. The number of carbonyl (C=O) groups is 2. The molecule has 0 aromatic heterocycles. The van der Waals surface area contributed by atoms with Crippen molar-refractivity contribution in [2.24, 2.45) is 11.7 Å². The predicted octanol–water partition coefficient (Wildman–Crippen LogP) is 3.47. The van der Waals surface area contributed by atoms with Crippen LogP contribution in [0.5, 0.6) is 0 Å². The van der Waals surface area contributed by atoms with Gasteiger partial charge in [0, 0.05) is 17.0 Å². The van der Waals surface area contributed by atoms with Crippen LogP contribution in [0.15, 0.2) is 47.4 Å². The maximum Gasteiger partial charge on any atom is 0.236 e. The van der Waals surface area contributed by atoms with E-state index >= 15 is 0 Å². The summed E-state index contributed by atoms with van der Waals surface area (Å²) < 4.78 is 54.6. The minimum absolute atomic E-state index is 0.00605. The zero-order valence-corrected chi connectivity index (χ0v) is 18.7. The molecule has 0 aliphatic heterocycles. The topological polar surface area (TPSA) is 106 Å². The first-order chi connectivity index (χ1) is 15.0. The highest BCUT2D eigenvalue weighted by atomic mass is 35.5. The van der Waals surface area contributed by atoms with Crippen LogP contribution in [0.3, 0.4) is 0 Å². The van der Waals surface area contributed by atoms with Crippen LogP contribution in [-0.2, 0) is 24.2 Å². The molecule has 6 nitrogen and oxygen atoms in total. The van der Waals surface area contributed by atoms with Crippen LogP contribution >= 0.6 is 11.6 Å². The molecule has 1 fully saturated rings. The Labute approximate surface area is 190 Å². The van der Waals surface area contributed by atoms with Gasteiger partial charge in [0.05, 0.1) is 11.4 Å². The number of primary amides is 1. The van der Waals surface area contributed by atoms with Gasteiger partial charge in [-0.05, 0) is 74.1 Å². The first-order valence-corrected chi connectivity index (χ1v) is 11.9. The first kappa shape index (κ1) is 24.1. The van der Waals surface area contributed by atoms with Crippen LogP contribution in [0.2, 0.25) is 5.02 Å². The van der Waals surface area contributed by atoms with Gasteiger partial charge in [-0.3, -0.25) is 9.59 Å². The largest absolute Gasteiger partial charge is 0.368 e. The van der Waals surface area contributed by atoms with Crippen molar-refractivity contribution >= 4 is 33.3 Å². The summed E-state index contributed by atoms with van der Waals surface area (Å²) in [5.41, 5.74) is 4.80. The number of benzene rings is 2. The van der Waals surface area contributed by atoms with Crippen molar-refractivity contribution in [2.75, 3.05) is 6.54 Å². The lowest BCUT2D eigenvalue weighted by molar-refractivity contribution is -0.125. The predicted molar refractivity (Wildman–Crippen MR) is 115 cm³/mol. The molecule has 0 heterocycles. The van der Waals surface area contributed by atoms with Crippen LogP contribution in [0.25, 0.3) is 0 Å². The van der Waals surface area contributed by atoms with Gasteiger partial charge in [-0.1, -0.05) is 11.6 Å². The van der Waals surface area contributed by atoms with Gasteiger partial charge in [0.1, 0.15) is 16.4 Å². The molecule has 172 valence electrons. The average Bonchev–Trinajstić information content (AvgIpc) is 2.75. The van der Waals surface area contributed by atoms with E-state index in [2.05, 4.69) is 5.32 Å². The number of hydrogen-bond acceptors (Lipinski definition) is 4. The minimum Gasteiger partial charge on any atom is -0.368 e. The molecule has 32 heavy (non-hydrogen) atoms. The molecule has 0 saturated heterocycles. The summed E-state index contributed by atoms with van der Waals surface area (Å²) in [5, 5.41) is 2.75. The smallest absolute Gasteiger partial charge is 0.236 e. The molecule has 3 N–H and O–H groups in total. The summed E-state index contributed by atoms with van der Waals surface area (Å²) in [6, 6.07) is 8.35. The Hall–Kier alpha value is -2.52. The summed E-state index contributed by atoms with van der Waals surface area (Å²) in [6.07, 6.45) is 0.688. The van der Waals surface area contributed by atoms with Crippen molar-refractivity contribution in [3.05, 3.63) is 64.7 Å². The molecule has 0 atom stereocenters. The quantitative estimate of drug-likeness (QED) is 0.627. The Morgan fingerprint density at radius 3 is 2.31 bits per heavy atom. The molecular formula is C22H23ClF2N2O4S. The fraction of sp³-hybridized carbons (Fsp3) is 0.364. The van der Waals surface area contributed by atoms with E-state index in [4.69, 9.17) is 17.3 Å². The van der Waals surface area contributed by atoms with Crippen LogP contribution in [0, 0.1) is 17.6 Å². The molecule has 0 radical (unpaired) electrons. The number of nitrogens with two attached hydrogens (primary N) is 1. The Morgan fingerprint density at radius 1 is 1.09 bits per heavy atom. The summed E-state index contributed by atoms with van der Waals surface area (Å²) in [5.74, 6) is -2.76. The second-order valence-electron chi connectivity index (χ2n) is 7.97. The molecule has 1 aliphatic rings. The van der Waals surface area contributed by atoms with E-state index in [0.717, 1.165) is 18.2 Å². The fourth-order valence-electron chi connectivity index (χ4n) is 4.24. The molecule has 2 aromatic rings. The van der Waals surface area contributed by atoms with Crippen LogP contribution in [0.4, 0.5) is 8.78 Å². The van der Waals surface area contributed by atoms with Crippen molar-refractivity contribution in [3.63, 3.8) is 0 Å². The van der Waals surface area contributed by atoms with Crippen molar-refractivity contribution in [3.8, 4) is 0 Å². The number of hydrogen-bond donors (Lipinski definition) is 2. The number of amides is 2. The number of halogens is 3.